The second-order valence-electron chi connectivity index (χ2n) is 4.38. The fourth-order valence-electron chi connectivity index (χ4n) is 1.73. The predicted molar refractivity (Wildman–Crippen MR) is 95.0 cm³/mol. The summed E-state index contributed by atoms with van der Waals surface area (Å²) in [6.07, 6.45) is 3.58. The molecule has 1 unspecified atom stereocenters. The van der Waals surface area contributed by atoms with Gasteiger partial charge in [-0.15, -0.1) is 0 Å². The van der Waals surface area contributed by atoms with Crippen LogP contribution in [0.2, 0.25) is 5.02 Å². The molecule has 0 aliphatic rings. The second kappa shape index (κ2) is 8.20. The number of ether oxygens (including phenoxy) is 1. The SMILES string of the molecule is O=C(OC(/C=C/c1ccccc1)CI)c1cccc(Cl)c1. The van der Waals surface area contributed by atoms with Crippen LogP contribution in [0.1, 0.15) is 15.9 Å². The van der Waals surface area contributed by atoms with E-state index < -0.39 is 0 Å². The quantitative estimate of drug-likeness (QED) is 0.392. The van der Waals surface area contributed by atoms with Gasteiger partial charge in [-0.2, -0.15) is 0 Å². The van der Waals surface area contributed by atoms with E-state index in [1.807, 2.05) is 42.5 Å². The molecule has 4 heteroatoms. The molecule has 21 heavy (non-hydrogen) atoms. The molecule has 1 atom stereocenters. The maximum atomic E-state index is 12.1. The van der Waals surface area contributed by atoms with Gasteiger partial charge in [0, 0.05) is 9.45 Å². The summed E-state index contributed by atoms with van der Waals surface area (Å²) in [4.78, 5) is 12.1. The lowest BCUT2D eigenvalue weighted by molar-refractivity contribution is 0.0436. The summed E-state index contributed by atoms with van der Waals surface area (Å²) in [5.74, 6) is -0.364. The number of carbonyl (C=O) groups excluding carboxylic acids is 1. The standard InChI is InChI=1S/C17H14ClIO2/c18-15-8-4-7-14(11-15)17(20)21-16(12-19)10-9-13-5-2-1-3-6-13/h1-11,16H,12H2/b10-9+. The average Bonchev–Trinajstić information content (AvgIpc) is 2.52. The Bertz CT molecular complexity index is 626. The Morgan fingerprint density at radius 2 is 1.95 bits per heavy atom. The molecule has 2 aromatic rings. The predicted octanol–water partition coefficient (Wildman–Crippen LogP) is 5.01. The number of hydrogen-bond acceptors (Lipinski definition) is 2. The number of carbonyl (C=O) groups is 1. The van der Waals surface area contributed by atoms with Crippen molar-refractivity contribution in [2.24, 2.45) is 0 Å². The molecule has 2 nitrogen and oxygen atoms in total. The van der Waals surface area contributed by atoms with Gasteiger partial charge >= 0.3 is 5.97 Å². The monoisotopic (exact) mass is 412 g/mol. The molecule has 2 aromatic carbocycles. The number of alkyl halides is 1. The van der Waals surface area contributed by atoms with Gasteiger partial charge in [-0.3, -0.25) is 0 Å². The van der Waals surface area contributed by atoms with E-state index in [4.69, 9.17) is 16.3 Å². The smallest absolute Gasteiger partial charge is 0.338 e. The zero-order valence-electron chi connectivity index (χ0n) is 11.2. The highest BCUT2D eigenvalue weighted by Gasteiger charge is 2.12. The van der Waals surface area contributed by atoms with Crippen molar-refractivity contribution >= 4 is 46.2 Å². The van der Waals surface area contributed by atoms with Crippen molar-refractivity contribution in [3.05, 3.63) is 76.8 Å². The van der Waals surface area contributed by atoms with Crippen LogP contribution in [0.3, 0.4) is 0 Å². The van der Waals surface area contributed by atoms with E-state index in [2.05, 4.69) is 22.6 Å². The lowest BCUT2D eigenvalue weighted by Gasteiger charge is -2.11. The maximum Gasteiger partial charge on any atom is 0.338 e. The molecular weight excluding hydrogens is 399 g/mol. The van der Waals surface area contributed by atoms with Gasteiger partial charge in [-0.25, -0.2) is 4.79 Å². The van der Waals surface area contributed by atoms with Crippen LogP contribution in [0.5, 0.6) is 0 Å². The Morgan fingerprint density at radius 1 is 1.19 bits per heavy atom. The zero-order chi connectivity index (χ0) is 15.1. The largest absolute Gasteiger partial charge is 0.454 e. The van der Waals surface area contributed by atoms with E-state index in [1.54, 1.807) is 24.3 Å². The van der Waals surface area contributed by atoms with E-state index in [0.717, 1.165) is 5.56 Å². The van der Waals surface area contributed by atoms with Crippen molar-refractivity contribution in [2.45, 2.75) is 6.10 Å². The van der Waals surface area contributed by atoms with Gasteiger partial charge < -0.3 is 4.74 Å². The highest BCUT2D eigenvalue weighted by molar-refractivity contribution is 14.1. The maximum absolute atomic E-state index is 12.1. The summed E-state index contributed by atoms with van der Waals surface area (Å²) >= 11 is 8.07. The van der Waals surface area contributed by atoms with Crippen LogP contribution in [0.15, 0.2) is 60.7 Å². The van der Waals surface area contributed by atoms with Crippen LogP contribution in [-0.4, -0.2) is 16.5 Å². The van der Waals surface area contributed by atoms with Gasteiger partial charge in [0.15, 0.2) is 0 Å². The van der Waals surface area contributed by atoms with Crippen molar-refractivity contribution in [1.82, 2.24) is 0 Å². The Kier molecular flexibility index (Phi) is 6.26. The number of halogens is 2. The number of hydrogen-bond donors (Lipinski definition) is 0. The molecule has 0 saturated heterocycles. The Labute approximate surface area is 142 Å². The fraction of sp³-hybridized carbons (Fsp3) is 0.118. The second-order valence-corrected chi connectivity index (χ2v) is 5.70. The summed E-state index contributed by atoms with van der Waals surface area (Å²) in [7, 11) is 0. The first kappa shape index (κ1) is 16.0. The molecule has 0 aromatic heterocycles. The van der Waals surface area contributed by atoms with Gasteiger partial charge in [-0.05, 0) is 29.8 Å². The molecule has 0 radical (unpaired) electrons. The van der Waals surface area contributed by atoms with Crippen LogP contribution in [0, 0.1) is 0 Å². The molecule has 108 valence electrons. The lowest BCUT2D eigenvalue weighted by Crippen LogP contribution is -2.17. The molecule has 0 amide bonds. The molecule has 0 saturated carbocycles. The van der Waals surface area contributed by atoms with E-state index in [1.165, 1.54) is 0 Å². The van der Waals surface area contributed by atoms with E-state index in [0.29, 0.717) is 15.0 Å². The van der Waals surface area contributed by atoms with Crippen LogP contribution in [-0.2, 0) is 4.74 Å². The first-order chi connectivity index (χ1) is 10.2. The summed E-state index contributed by atoms with van der Waals surface area (Å²) in [5, 5.41) is 0.523. The molecule has 0 spiro atoms. The summed E-state index contributed by atoms with van der Waals surface area (Å²) in [6.45, 7) is 0. The number of benzene rings is 2. The van der Waals surface area contributed by atoms with Crippen molar-refractivity contribution in [3.8, 4) is 0 Å². The first-order valence-corrected chi connectivity index (χ1v) is 8.35. The molecular formula is C17H14ClIO2. The Morgan fingerprint density at radius 3 is 2.62 bits per heavy atom. The third-order valence-electron chi connectivity index (χ3n) is 2.77. The topological polar surface area (TPSA) is 26.3 Å². The zero-order valence-corrected chi connectivity index (χ0v) is 14.1. The average molecular weight is 413 g/mol. The van der Waals surface area contributed by atoms with Crippen molar-refractivity contribution in [1.29, 1.82) is 0 Å². The number of rotatable bonds is 5. The minimum absolute atomic E-state index is 0.266. The van der Waals surface area contributed by atoms with E-state index >= 15 is 0 Å². The summed E-state index contributed by atoms with van der Waals surface area (Å²) in [6, 6.07) is 16.7. The molecule has 2 rings (SSSR count). The van der Waals surface area contributed by atoms with Crippen LogP contribution in [0.4, 0.5) is 0 Å². The van der Waals surface area contributed by atoms with Crippen LogP contribution >= 0.6 is 34.2 Å². The minimum atomic E-state index is -0.364. The van der Waals surface area contributed by atoms with E-state index in [-0.39, 0.29) is 12.1 Å². The Hall–Kier alpha value is -1.33. The van der Waals surface area contributed by atoms with Gasteiger partial charge in [0.2, 0.25) is 0 Å². The molecule has 0 fully saturated rings. The van der Waals surface area contributed by atoms with E-state index in [9.17, 15) is 4.79 Å². The molecule has 0 aliphatic carbocycles. The van der Waals surface area contributed by atoms with Crippen molar-refractivity contribution in [2.75, 3.05) is 4.43 Å². The van der Waals surface area contributed by atoms with Gasteiger partial charge in [-0.1, -0.05) is 76.7 Å². The van der Waals surface area contributed by atoms with Gasteiger partial charge in [0.05, 0.1) is 5.56 Å². The third kappa shape index (κ3) is 5.17. The first-order valence-electron chi connectivity index (χ1n) is 6.45. The lowest BCUT2D eigenvalue weighted by atomic mass is 10.2. The number of esters is 1. The molecule has 0 N–H and O–H groups in total. The fourth-order valence-corrected chi connectivity index (χ4v) is 2.39. The normalized spacial score (nSPS) is 12.3. The van der Waals surface area contributed by atoms with Crippen LogP contribution in [0.25, 0.3) is 6.08 Å². The van der Waals surface area contributed by atoms with Gasteiger partial charge in [0.25, 0.3) is 0 Å². The van der Waals surface area contributed by atoms with Crippen molar-refractivity contribution in [3.63, 3.8) is 0 Å². The molecule has 0 aliphatic heterocycles. The van der Waals surface area contributed by atoms with Crippen molar-refractivity contribution < 1.29 is 9.53 Å². The highest BCUT2D eigenvalue weighted by atomic mass is 127. The molecule has 0 bridgehead atoms. The molecule has 0 heterocycles. The summed E-state index contributed by atoms with van der Waals surface area (Å²) in [5.41, 5.74) is 1.54. The third-order valence-corrected chi connectivity index (χ3v) is 3.88. The minimum Gasteiger partial charge on any atom is -0.454 e. The summed E-state index contributed by atoms with van der Waals surface area (Å²) < 4.78 is 6.16. The van der Waals surface area contributed by atoms with Gasteiger partial charge in [0.1, 0.15) is 6.10 Å². The highest BCUT2D eigenvalue weighted by Crippen LogP contribution is 2.14. The Balaban J connectivity index is 2.02. The van der Waals surface area contributed by atoms with Crippen LogP contribution < -0.4 is 0 Å².